The van der Waals surface area contributed by atoms with Crippen LogP contribution in [0.15, 0.2) is 34.3 Å². The van der Waals surface area contributed by atoms with Crippen LogP contribution in [0.4, 0.5) is 26.3 Å². The van der Waals surface area contributed by atoms with Gasteiger partial charge in [-0.15, -0.1) is 0 Å². The minimum Gasteiger partial charge on any atom is -0.550 e. The van der Waals surface area contributed by atoms with Gasteiger partial charge in [0.05, 0.1) is 23.2 Å². The first-order valence-corrected chi connectivity index (χ1v) is 14.5. The maximum atomic E-state index is 13.5. The molecule has 0 bridgehead atoms. The molecule has 48 heavy (non-hydrogen) atoms. The molecule has 2 aromatic rings. The number of aromatic hydroxyl groups is 2. The Morgan fingerprint density at radius 1 is 0.688 bits per heavy atom. The van der Waals surface area contributed by atoms with Crippen molar-refractivity contribution in [3.8, 4) is 11.5 Å². The molecule has 0 aromatic heterocycles. The minimum atomic E-state index is -4.59. The van der Waals surface area contributed by atoms with Crippen LogP contribution in [-0.2, 0) is 49.6 Å². The molecule has 2 atom stereocenters. The summed E-state index contributed by atoms with van der Waals surface area (Å²) in [6.07, 6.45) is -5.16. The van der Waals surface area contributed by atoms with Gasteiger partial charge >= 0.3 is 29.1 Å². The molecule has 1 fully saturated rings. The Balaban J connectivity index is 0.00000221. The van der Waals surface area contributed by atoms with Crippen molar-refractivity contribution in [1.29, 1.82) is 0 Å². The average Bonchev–Trinajstić information content (AvgIpc) is 3.31. The van der Waals surface area contributed by atoms with E-state index in [1.807, 2.05) is 0 Å². The second kappa shape index (κ2) is 17.2. The molecule has 3 rings (SSSR count). The van der Waals surface area contributed by atoms with Gasteiger partial charge in [0.25, 0.3) is 0 Å². The monoisotopic (exact) mass is 733 g/mol. The van der Waals surface area contributed by atoms with E-state index in [1.165, 1.54) is 12.4 Å². The van der Waals surface area contributed by atoms with Crippen molar-refractivity contribution in [2.24, 2.45) is 9.98 Å². The fourth-order valence-electron chi connectivity index (χ4n) is 4.56. The molecule has 8 nitrogen and oxygen atoms in total. The van der Waals surface area contributed by atoms with E-state index in [1.54, 1.807) is 41.5 Å². The van der Waals surface area contributed by atoms with E-state index in [-0.39, 0.29) is 62.6 Å². The number of rotatable bonds is 4. The van der Waals surface area contributed by atoms with Gasteiger partial charge in [-0.1, -0.05) is 41.5 Å². The quantitative estimate of drug-likeness (QED) is 0.305. The molecular weight excluding hydrogens is 693 g/mol. The molecular formula is C33H40CoF6N2O6. The number of carboxylic acids is 2. The molecule has 2 unspecified atom stereocenters. The van der Waals surface area contributed by atoms with E-state index in [9.17, 15) is 36.6 Å². The van der Waals surface area contributed by atoms with Gasteiger partial charge < -0.3 is 30.0 Å². The zero-order valence-electron chi connectivity index (χ0n) is 27.8. The number of carboxylic acid groups (broad SMARTS) is 2. The Hall–Kier alpha value is -3.59. The first-order chi connectivity index (χ1) is 21.1. The van der Waals surface area contributed by atoms with Gasteiger partial charge in [-0.2, -0.15) is 26.3 Å². The molecule has 1 saturated carbocycles. The van der Waals surface area contributed by atoms with E-state index in [2.05, 4.69) is 9.98 Å². The number of alkyl halides is 6. The summed E-state index contributed by atoms with van der Waals surface area (Å²) in [6, 6.07) is 3.03. The van der Waals surface area contributed by atoms with Crippen LogP contribution in [0.5, 0.6) is 11.5 Å². The number of phenols is 2. The van der Waals surface area contributed by atoms with Gasteiger partial charge in [-0.25, -0.2) is 0 Å². The number of nitrogens with zero attached hydrogens (tertiary/aromatic N) is 2. The SMILES string of the molecule is CC(=O)[O-].CC(=O)[O-].CC(C)(C)c1cc(C(F)(F)F)cc(C=NC2CCC(N=Cc3cc(C(F)(F)F)cc(C(C)(C)C)c3O)C2)c1O.[Co+2]. The van der Waals surface area contributed by atoms with Crippen LogP contribution in [0.1, 0.15) is 108 Å². The predicted octanol–water partition coefficient (Wildman–Crippen LogP) is 5.70. The van der Waals surface area contributed by atoms with Crippen LogP contribution >= 0.6 is 0 Å². The third-order valence-corrected chi connectivity index (χ3v) is 6.78. The summed E-state index contributed by atoms with van der Waals surface area (Å²) in [4.78, 5) is 26.6. The van der Waals surface area contributed by atoms with Crippen molar-refractivity contribution >= 4 is 24.4 Å². The van der Waals surface area contributed by atoms with Crippen LogP contribution in [0, 0.1) is 0 Å². The van der Waals surface area contributed by atoms with Crippen LogP contribution in [0.3, 0.4) is 0 Å². The second-order valence-electron chi connectivity index (χ2n) is 13.1. The van der Waals surface area contributed by atoms with E-state index in [4.69, 9.17) is 19.8 Å². The van der Waals surface area contributed by atoms with Crippen LogP contribution in [0.25, 0.3) is 0 Å². The van der Waals surface area contributed by atoms with Crippen molar-refractivity contribution in [2.45, 2.75) is 110 Å². The number of hydrogen-bond donors (Lipinski definition) is 2. The number of halogens is 6. The molecule has 1 radical (unpaired) electrons. The third kappa shape index (κ3) is 14.3. The zero-order chi connectivity index (χ0) is 36.7. The molecule has 15 heteroatoms. The van der Waals surface area contributed by atoms with Gasteiger partial charge in [-0.3, -0.25) is 9.98 Å². The minimum absolute atomic E-state index is 0. The largest absolute Gasteiger partial charge is 2.00 e. The molecule has 0 amide bonds. The van der Waals surface area contributed by atoms with E-state index < -0.39 is 46.2 Å². The van der Waals surface area contributed by atoms with Crippen molar-refractivity contribution in [1.82, 2.24) is 0 Å². The Bertz CT molecular complexity index is 1360. The molecule has 2 N–H and O–H groups in total. The van der Waals surface area contributed by atoms with E-state index in [0.29, 0.717) is 19.3 Å². The topological polar surface area (TPSA) is 145 Å². The van der Waals surface area contributed by atoms with Gasteiger partial charge in [0, 0.05) is 46.6 Å². The summed E-state index contributed by atoms with van der Waals surface area (Å²) in [7, 11) is 0. The number of carbonyl (C=O) groups is 2. The molecule has 0 heterocycles. The third-order valence-electron chi connectivity index (χ3n) is 6.78. The summed E-state index contributed by atoms with van der Waals surface area (Å²) in [5.74, 6) is -2.69. The van der Waals surface area contributed by atoms with Crippen LogP contribution < -0.4 is 10.2 Å². The number of aliphatic carboxylic acids is 2. The fourth-order valence-corrected chi connectivity index (χ4v) is 4.56. The van der Waals surface area contributed by atoms with Gasteiger partial charge in [0.2, 0.25) is 0 Å². The molecule has 1 aliphatic rings. The normalized spacial score (nSPS) is 16.9. The smallest absolute Gasteiger partial charge is 0.550 e. The first kappa shape index (κ1) is 44.4. The van der Waals surface area contributed by atoms with Crippen molar-refractivity contribution in [3.05, 3.63) is 57.6 Å². The van der Waals surface area contributed by atoms with Crippen molar-refractivity contribution in [2.75, 3.05) is 0 Å². The maximum absolute atomic E-state index is 13.5. The number of aliphatic imine (C=N–C) groups is 2. The first-order valence-electron chi connectivity index (χ1n) is 14.5. The Morgan fingerprint density at radius 3 is 1.19 bits per heavy atom. The maximum Gasteiger partial charge on any atom is 2.00 e. The Kier molecular flexibility index (Phi) is 15.9. The van der Waals surface area contributed by atoms with E-state index >= 15 is 0 Å². The van der Waals surface area contributed by atoms with Crippen LogP contribution in [-0.4, -0.2) is 46.7 Å². The van der Waals surface area contributed by atoms with Gasteiger partial charge in [0.1, 0.15) is 11.5 Å². The number of carbonyl (C=O) groups excluding carboxylic acids is 2. The summed E-state index contributed by atoms with van der Waals surface area (Å²) in [6.45, 7) is 12.2. The molecule has 0 spiro atoms. The van der Waals surface area contributed by atoms with E-state index in [0.717, 1.165) is 38.1 Å². The molecule has 0 aliphatic heterocycles. The number of hydrogen-bond acceptors (Lipinski definition) is 8. The van der Waals surface area contributed by atoms with Crippen molar-refractivity contribution in [3.63, 3.8) is 0 Å². The standard InChI is InChI=1S/C29H34F6N2O2.2C2H4O2.Co/c1-26(2,3)22-11-18(28(30,31)32)9-16(24(22)38)14-36-20-7-8-21(13-20)37-15-17-10-19(29(33,34)35)12-23(25(17)39)27(4,5)6;2*1-2(3)4;/h9-12,14-15,20-21,38-39H,7-8,13H2,1-6H3;2*1H3,(H,3,4);/q;;;+2/p-2. The zero-order valence-corrected chi connectivity index (χ0v) is 28.8. The summed E-state index contributed by atoms with van der Waals surface area (Å²) in [5, 5.41) is 39.1. The van der Waals surface area contributed by atoms with Gasteiger partial charge in [-0.05, 0) is 68.2 Å². The fraction of sp³-hybridized carbons (Fsp3) is 0.515. The van der Waals surface area contributed by atoms with Crippen LogP contribution in [0.2, 0.25) is 0 Å². The summed E-state index contributed by atoms with van der Waals surface area (Å²) in [5.41, 5.74) is -2.99. The second-order valence-corrected chi connectivity index (χ2v) is 13.1. The Labute approximate surface area is 286 Å². The molecule has 2 aromatic carbocycles. The van der Waals surface area contributed by atoms with Crippen molar-refractivity contribution < 1.29 is 73.1 Å². The molecule has 0 saturated heterocycles. The average molecular weight is 734 g/mol. The summed E-state index contributed by atoms with van der Waals surface area (Å²) >= 11 is 0. The number of phenolic OH excluding ortho intramolecular Hbond substituents is 2. The molecule has 269 valence electrons. The molecule has 1 aliphatic carbocycles. The predicted molar refractivity (Wildman–Crippen MR) is 162 cm³/mol. The summed E-state index contributed by atoms with van der Waals surface area (Å²) < 4.78 is 80.8. The Morgan fingerprint density at radius 2 is 0.958 bits per heavy atom. The van der Waals surface area contributed by atoms with Gasteiger partial charge in [0.15, 0.2) is 0 Å². The number of benzene rings is 2.